The van der Waals surface area contributed by atoms with Gasteiger partial charge in [-0.25, -0.2) is 4.39 Å². The Bertz CT molecular complexity index is 482. The van der Waals surface area contributed by atoms with Crippen LogP contribution < -0.4 is 0 Å². The molecule has 0 N–H and O–H groups in total. The summed E-state index contributed by atoms with van der Waals surface area (Å²) in [6, 6.07) is 8.18. The van der Waals surface area contributed by atoms with Crippen molar-refractivity contribution in [2.75, 3.05) is 0 Å². The molecule has 3 rings (SSSR count). The molecular formula is C16H19BrFNO. The van der Waals surface area contributed by atoms with E-state index in [1.165, 1.54) is 11.1 Å². The summed E-state index contributed by atoms with van der Waals surface area (Å²) in [5.74, 6) is 0.376. The number of alkyl halides is 2. The van der Waals surface area contributed by atoms with Crippen LogP contribution in [0.5, 0.6) is 0 Å². The van der Waals surface area contributed by atoms with Gasteiger partial charge in [-0.1, -0.05) is 40.2 Å². The summed E-state index contributed by atoms with van der Waals surface area (Å²) in [5, 5.41) is 0. The second-order valence-corrected chi connectivity index (χ2v) is 7.11. The van der Waals surface area contributed by atoms with Crippen LogP contribution >= 0.6 is 15.9 Å². The normalized spacial score (nSPS) is 29.3. The molecule has 2 aliphatic rings. The molecule has 20 heavy (non-hydrogen) atoms. The lowest BCUT2D eigenvalue weighted by Crippen LogP contribution is -2.32. The number of hydrogen-bond donors (Lipinski definition) is 0. The number of halogens is 2. The van der Waals surface area contributed by atoms with E-state index in [-0.39, 0.29) is 16.7 Å². The molecule has 1 aromatic rings. The second kappa shape index (κ2) is 5.84. The maximum atomic E-state index is 13.7. The largest absolute Gasteiger partial charge is 0.334 e. The molecule has 0 spiro atoms. The predicted octanol–water partition coefficient (Wildman–Crippen LogP) is 3.82. The molecule has 0 saturated heterocycles. The van der Waals surface area contributed by atoms with E-state index in [4.69, 9.17) is 0 Å². The highest BCUT2D eigenvalue weighted by Crippen LogP contribution is 2.34. The lowest BCUT2D eigenvalue weighted by Gasteiger charge is -2.29. The van der Waals surface area contributed by atoms with Gasteiger partial charge in [-0.3, -0.25) is 4.79 Å². The number of rotatable bonds is 2. The molecule has 3 unspecified atom stereocenters. The minimum atomic E-state index is -0.808. The average molecular weight is 340 g/mol. The fourth-order valence-electron chi connectivity index (χ4n) is 3.23. The molecule has 2 nitrogen and oxygen atoms in total. The summed E-state index contributed by atoms with van der Waals surface area (Å²) >= 11 is 3.36. The Morgan fingerprint density at radius 3 is 2.50 bits per heavy atom. The number of amides is 1. The van der Waals surface area contributed by atoms with Crippen molar-refractivity contribution in [3.63, 3.8) is 0 Å². The number of carbonyl (C=O) groups is 1. The van der Waals surface area contributed by atoms with E-state index in [0.717, 1.165) is 12.8 Å². The van der Waals surface area contributed by atoms with Gasteiger partial charge in [0, 0.05) is 24.3 Å². The van der Waals surface area contributed by atoms with Crippen LogP contribution in [-0.2, 0) is 17.9 Å². The van der Waals surface area contributed by atoms with Crippen molar-refractivity contribution >= 4 is 21.8 Å². The first kappa shape index (κ1) is 14.1. The Labute approximate surface area is 127 Å². The van der Waals surface area contributed by atoms with Gasteiger partial charge in [0.05, 0.1) is 0 Å². The summed E-state index contributed by atoms with van der Waals surface area (Å²) < 4.78 is 13.7. The highest BCUT2D eigenvalue weighted by molar-refractivity contribution is 9.09. The monoisotopic (exact) mass is 339 g/mol. The predicted molar refractivity (Wildman–Crippen MR) is 80.3 cm³/mol. The Hall–Kier alpha value is -0.900. The highest BCUT2D eigenvalue weighted by Gasteiger charge is 2.31. The molecule has 3 atom stereocenters. The number of fused-ring (bicyclic) bond motifs is 1. The number of benzene rings is 1. The standard InChI is InChI=1S/C16H19BrFNO/c17-14-6-5-11(7-15(14)18)8-16(20)19-9-12-3-1-2-4-13(12)10-19/h1-4,11,14-15H,5-10H2. The van der Waals surface area contributed by atoms with Gasteiger partial charge in [0.2, 0.25) is 5.91 Å². The van der Waals surface area contributed by atoms with Gasteiger partial charge >= 0.3 is 0 Å². The Morgan fingerprint density at radius 1 is 1.25 bits per heavy atom. The lowest BCUT2D eigenvalue weighted by molar-refractivity contribution is -0.133. The van der Waals surface area contributed by atoms with Crippen molar-refractivity contribution < 1.29 is 9.18 Å². The summed E-state index contributed by atoms with van der Waals surface area (Å²) in [6.07, 6.45) is 1.98. The van der Waals surface area contributed by atoms with Gasteiger partial charge in [-0.2, -0.15) is 0 Å². The van der Waals surface area contributed by atoms with E-state index in [9.17, 15) is 9.18 Å². The van der Waals surface area contributed by atoms with Crippen LogP contribution in [0.25, 0.3) is 0 Å². The Kier molecular flexibility index (Phi) is 4.11. The summed E-state index contributed by atoms with van der Waals surface area (Å²) in [4.78, 5) is 14.2. The van der Waals surface area contributed by atoms with Gasteiger partial charge in [-0.15, -0.1) is 0 Å². The van der Waals surface area contributed by atoms with E-state index in [0.29, 0.717) is 25.9 Å². The van der Waals surface area contributed by atoms with Crippen LogP contribution in [0.2, 0.25) is 0 Å². The van der Waals surface area contributed by atoms with E-state index in [1.54, 1.807) is 0 Å². The molecular weight excluding hydrogens is 321 g/mol. The molecule has 1 amide bonds. The zero-order valence-electron chi connectivity index (χ0n) is 11.4. The third-order valence-corrected chi connectivity index (χ3v) is 5.49. The Balaban J connectivity index is 1.56. The molecule has 1 aliphatic carbocycles. The van der Waals surface area contributed by atoms with Crippen molar-refractivity contribution in [3.05, 3.63) is 35.4 Å². The molecule has 0 bridgehead atoms. The first-order valence-electron chi connectivity index (χ1n) is 7.26. The average Bonchev–Trinajstić information content (AvgIpc) is 2.87. The molecule has 1 saturated carbocycles. The van der Waals surface area contributed by atoms with Gasteiger partial charge in [0.25, 0.3) is 0 Å². The number of nitrogens with zero attached hydrogens (tertiary/aromatic N) is 1. The molecule has 4 heteroatoms. The fourth-order valence-corrected chi connectivity index (χ4v) is 3.71. The van der Waals surface area contributed by atoms with Crippen LogP contribution in [0.3, 0.4) is 0 Å². The maximum Gasteiger partial charge on any atom is 0.223 e. The highest BCUT2D eigenvalue weighted by atomic mass is 79.9. The summed E-state index contributed by atoms with van der Waals surface area (Å²) in [5.41, 5.74) is 2.49. The van der Waals surface area contributed by atoms with Crippen LogP contribution in [0.4, 0.5) is 4.39 Å². The molecule has 0 radical (unpaired) electrons. The van der Waals surface area contributed by atoms with Gasteiger partial charge in [0.1, 0.15) is 6.17 Å². The SMILES string of the molecule is O=C(CC1CCC(Br)C(F)C1)N1Cc2ccccc2C1. The second-order valence-electron chi connectivity index (χ2n) is 5.93. The maximum absolute atomic E-state index is 13.7. The third kappa shape index (κ3) is 2.90. The van der Waals surface area contributed by atoms with Crippen molar-refractivity contribution in [2.24, 2.45) is 5.92 Å². The fraction of sp³-hybridized carbons (Fsp3) is 0.562. The number of hydrogen-bond acceptors (Lipinski definition) is 1. The molecule has 1 aromatic carbocycles. The van der Waals surface area contributed by atoms with E-state index in [2.05, 4.69) is 28.1 Å². The Morgan fingerprint density at radius 2 is 1.90 bits per heavy atom. The minimum Gasteiger partial charge on any atom is -0.334 e. The van der Waals surface area contributed by atoms with Crippen LogP contribution in [0, 0.1) is 5.92 Å². The summed E-state index contributed by atoms with van der Waals surface area (Å²) in [7, 11) is 0. The topological polar surface area (TPSA) is 20.3 Å². The smallest absolute Gasteiger partial charge is 0.223 e. The van der Waals surface area contributed by atoms with Gasteiger partial charge in [-0.05, 0) is 36.3 Å². The summed E-state index contributed by atoms with van der Waals surface area (Å²) in [6.45, 7) is 1.42. The number of carbonyl (C=O) groups excluding carboxylic acids is 1. The van der Waals surface area contributed by atoms with E-state index >= 15 is 0 Å². The minimum absolute atomic E-state index is 0.0232. The third-order valence-electron chi connectivity index (χ3n) is 4.46. The lowest BCUT2D eigenvalue weighted by atomic mass is 9.85. The van der Waals surface area contributed by atoms with Gasteiger partial charge in [0.15, 0.2) is 0 Å². The van der Waals surface area contributed by atoms with Crippen LogP contribution in [0.1, 0.15) is 36.8 Å². The van der Waals surface area contributed by atoms with Crippen molar-refractivity contribution in [2.45, 2.75) is 49.8 Å². The van der Waals surface area contributed by atoms with Crippen molar-refractivity contribution in [1.29, 1.82) is 0 Å². The molecule has 1 aliphatic heterocycles. The molecule has 0 aromatic heterocycles. The molecule has 108 valence electrons. The van der Waals surface area contributed by atoms with E-state index in [1.807, 2.05) is 17.0 Å². The quantitative estimate of drug-likeness (QED) is 0.750. The van der Waals surface area contributed by atoms with E-state index < -0.39 is 6.17 Å². The van der Waals surface area contributed by atoms with Crippen molar-refractivity contribution in [1.82, 2.24) is 4.90 Å². The molecule has 1 fully saturated rings. The first-order chi connectivity index (χ1) is 9.63. The molecule has 1 heterocycles. The van der Waals surface area contributed by atoms with Crippen molar-refractivity contribution in [3.8, 4) is 0 Å². The first-order valence-corrected chi connectivity index (χ1v) is 8.17. The van der Waals surface area contributed by atoms with Crippen LogP contribution in [-0.4, -0.2) is 21.8 Å². The zero-order chi connectivity index (χ0) is 14.1. The van der Waals surface area contributed by atoms with Crippen LogP contribution in [0.15, 0.2) is 24.3 Å². The zero-order valence-corrected chi connectivity index (χ0v) is 13.0. The van der Waals surface area contributed by atoms with Gasteiger partial charge < -0.3 is 4.90 Å².